The highest BCUT2D eigenvalue weighted by Gasteiger charge is 2.24. The molecule has 1 saturated heterocycles. The van der Waals surface area contributed by atoms with Gasteiger partial charge in [-0.2, -0.15) is 0 Å². The number of carbonyl (C=O) groups is 1. The highest BCUT2D eigenvalue weighted by atomic mass is 16.1. The number of carbonyl (C=O) groups excluding carboxylic acids is 1. The predicted octanol–water partition coefficient (Wildman–Crippen LogP) is 8.57. The summed E-state index contributed by atoms with van der Waals surface area (Å²) in [7, 11) is 1.73. The van der Waals surface area contributed by atoms with Crippen molar-refractivity contribution in [3.63, 3.8) is 0 Å². The maximum Gasteiger partial charge on any atom is 0.183 e. The first kappa shape index (κ1) is 32.7. The second-order valence-electron chi connectivity index (χ2n) is 11.4. The molecule has 2 rings (SSSR count). The monoisotopic (exact) mass is 539 g/mol. The summed E-state index contributed by atoms with van der Waals surface area (Å²) in [4.78, 5) is 25.0. The van der Waals surface area contributed by atoms with E-state index in [2.05, 4.69) is 89.1 Å². The Hall–Kier alpha value is -3.53. The number of ketones is 1. The molecule has 2 heterocycles. The molecule has 0 N–H and O–H groups in total. The Kier molecular flexibility index (Phi) is 12.0. The summed E-state index contributed by atoms with van der Waals surface area (Å²) in [6.07, 6.45) is 13.4. The van der Waals surface area contributed by atoms with Crippen molar-refractivity contribution in [1.29, 1.82) is 0 Å². The van der Waals surface area contributed by atoms with Gasteiger partial charge in [0.1, 0.15) is 0 Å². The van der Waals surface area contributed by atoms with Gasteiger partial charge in [0, 0.05) is 44.0 Å². The molecule has 0 aromatic rings. The molecule has 0 amide bonds. The SMILES string of the molecule is C=C/C(C)=C\C(C)/C(=C\C(=NC)C1=CC(=O)C(=C)CC(/C(C)=C\C(=C/C)N2C[C@H](C)CC(=C)[C@H](C)C2)=N1)C(=C)C. The minimum atomic E-state index is -0.122. The molecule has 2 aliphatic rings. The maximum absolute atomic E-state index is 13.0. The van der Waals surface area contributed by atoms with Gasteiger partial charge in [-0.25, -0.2) is 0 Å². The normalized spacial score (nSPS) is 23.4. The van der Waals surface area contributed by atoms with Crippen LogP contribution in [0, 0.1) is 17.8 Å². The lowest BCUT2D eigenvalue weighted by Gasteiger charge is -2.28. The fourth-order valence-electron chi connectivity index (χ4n) is 5.18. The van der Waals surface area contributed by atoms with E-state index in [0.717, 1.165) is 53.2 Å². The van der Waals surface area contributed by atoms with E-state index in [4.69, 9.17) is 4.99 Å². The molecule has 1 unspecified atom stereocenters. The lowest BCUT2D eigenvalue weighted by molar-refractivity contribution is -0.111. The van der Waals surface area contributed by atoms with Gasteiger partial charge in [0.15, 0.2) is 5.78 Å². The zero-order valence-corrected chi connectivity index (χ0v) is 26.1. The van der Waals surface area contributed by atoms with E-state index in [1.807, 2.05) is 26.0 Å². The van der Waals surface area contributed by atoms with Gasteiger partial charge in [-0.1, -0.05) is 82.0 Å². The Morgan fingerprint density at radius 2 is 1.85 bits per heavy atom. The van der Waals surface area contributed by atoms with E-state index in [1.165, 1.54) is 5.57 Å². The number of hydrogen-bond acceptors (Lipinski definition) is 4. The Bertz CT molecular complexity index is 1270. The Morgan fingerprint density at radius 3 is 2.42 bits per heavy atom. The third-order valence-corrected chi connectivity index (χ3v) is 7.68. The van der Waals surface area contributed by atoms with Crippen LogP contribution >= 0.6 is 0 Å². The second kappa shape index (κ2) is 14.7. The maximum atomic E-state index is 13.0. The molecule has 0 aromatic heterocycles. The van der Waals surface area contributed by atoms with Crippen LogP contribution in [0.3, 0.4) is 0 Å². The Labute approximate surface area is 243 Å². The summed E-state index contributed by atoms with van der Waals surface area (Å²) < 4.78 is 0. The standard InChI is InChI=1S/C36H49N3O/c1-13-24(5)15-27(8)32(23(3)4)19-34(37-12)35-20-36(40)29(10)18-33(38-35)28(9)17-31(14-2)39-21-25(6)16-26(7)30(11)22-39/h13-15,17,19-20,25,27,30H,1,3,7,10,16,18,21-22H2,2,4-6,8-9,11-12H3/b24-15-,28-17-,31-14+,32-19-,37-34?/t25-,27?,30-/m1/s1. The van der Waals surface area contributed by atoms with Gasteiger partial charge in [0.25, 0.3) is 0 Å². The average Bonchev–Trinajstić information content (AvgIpc) is 3.12. The van der Waals surface area contributed by atoms with Crippen molar-refractivity contribution in [2.45, 2.75) is 61.3 Å². The van der Waals surface area contributed by atoms with Crippen LogP contribution in [-0.4, -0.2) is 42.2 Å². The molecule has 0 bridgehead atoms. The fourth-order valence-corrected chi connectivity index (χ4v) is 5.18. The largest absolute Gasteiger partial charge is 0.371 e. The predicted molar refractivity (Wildman–Crippen MR) is 175 cm³/mol. The topological polar surface area (TPSA) is 45.0 Å². The van der Waals surface area contributed by atoms with Crippen LogP contribution in [0.1, 0.15) is 61.3 Å². The molecular weight excluding hydrogens is 490 g/mol. The third kappa shape index (κ3) is 8.74. The first-order valence-corrected chi connectivity index (χ1v) is 14.3. The first-order chi connectivity index (χ1) is 18.8. The average molecular weight is 540 g/mol. The summed E-state index contributed by atoms with van der Waals surface area (Å²) in [5.41, 5.74) is 9.08. The number of likely N-dealkylation sites (tertiary alicyclic amines) is 1. The quantitative estimate of drug-likeness (QED) is 0.127. The lowest BCUT2D eigenvalue weighted by atomic mass is 9.92. The summed E-state index contributed by atoms with van der Waals surface area (Å²) in [5, 5.41) is 0. The smallest absolute Gasteiger partial charge is 0.183 e. The minimum Gasteiger partial charge on any atom is -0.371 e. The van der Waals surface area contributed by atoms with E-state index < -0.39 is 0 Å². The van der Waals surface area contributed by atoms with E-state index in [-0.39, 0.29) is 11.7 Å². The number of nitrogens with zero attached hydrogens (tertiary/aromatic N) is 3. The van der Waals surface area contributed by atoms with Gasteiger partial charge >= 0.3 is 0 Å². The molecule has 214 valence electrons. The molecule has 0 spiro atoms. The van der Waals surface area contributed by atoms with Crippen LogP contribution < -0.4 is 0 Å². The van der Waals surface area contributed by atoms with Crippen molar-refractivity contribution in [3.8, 4) is 0 Å². The molecule has 40 heavy (non-hydrogen) atoms. The van der Waals surface area contributed by atoms with Crippen LogP contribution in [-0.2, 0) is 4.79 Å². The van der Waals surface area contributed by atoms with Crippen LogP contribution in [0.25, 0.3) is 0 Å². The van der Waals surface area contributed by atoms with Crippen molar-refractivity contribution in [3.05, 3.63) is 108 Å². The zero-order valence-electron chi connectivity index (χ0n) is 26.1. The lowest BCUT2D eigenvalue weighted by Crippen LogP contribution is -2.29. The van der Waals surface area contributed by atoms with Crippen LogP contribution in [0.5, 0.6) is 0 Å². The summed E-state index contributed by atoms with van der Waals surface area (Å²) in [6, 6.07) is 0. The van der Waals surface area contributed by atoms with Gasteiger partial charge in [-0.15, -0.1) is 0 Å². The van der Waals surface area contributed by atoms with Crippen LogP contribution in [0.2, 0.25) is 0 Å². The van der Waals surface area contributed by atoms with Crippen molar-refractivity contribution in [2.75, 3.05) is 20.1 Å². The Balaban J connectivity index is 2.54. The number of allylic oxidation sites excluding steroid dienone is 11. The summed E-state index contributed by atoms with van der Waals surface area (Å²) in [5.74, 6) is 0.943. The number of rotatable bonds is 9. The summed E-state index contributed by atoms with van der Waals surface area (Å²) >= 11 is 0. The van der Waals surface area contributed by atoms with Gasteiger partial charge < -0.3 is 4.90 Å². The molecule has 0 saturated carbocycles. The molecule has 4 nitrogen and oxygen atoms in total. The molecule has 1 fully saturated rings. The Morgan fingerprint density at radius 1 is 1.18 bits per heavy atom. The van der Waals surface area contributed by atoms with Crippen molar-refractivity contribution in [2.24, 2.45) is 27.7 Å². The molecular formula is C36H49N3O. The van der Waals surface area contributed by atoms with E-state index >= 15 is 0 Å². The van der Waals surface area contributed by atoms with Gasteiger partial charge in [-0.3, -0.25) is 14.8 Å². The van der Waals surface area contributed by atoms with Gasteiger partial charge in [-0.05, 0) is 80.7 Å². The van der Waals surface area contributed by atoms with Crippen LogP contribution in [0.4, 0.5) is 0 Å². The highest BCUT2D eigenvalue weighted by Crippen LogP contribution is 2.28. The number of aliphatic imine (C=N–C) groups is 2. The summed E-state index contributed by atoms with van der Waals surface area (Å²) in [6.45, 7) is 33.2. The molecule has 4 heteroatoms. The van der Waals surface area contributed by atoms with Crippen molar-refractivity contribution in [1.82, 2.24) is 4.90 Å². The van der Waals surface area contributed by atoms with Gasteiger partial charge in [0.05, 0.1) is 11.4 Å². The van der Waals surface area contributed by atoms with E-state index in [0.29, 0.717) is 35.2 Å². The van der Waals surface area contributed by atoms with Gasteiger partial charge in [0.2, 0.25) is 0 Å². The molecule has 0 aliphatic carbocycles. The number of hydrogen-bond donors (Lipinski definition) is 0. The zero-order chi connectivity index (χ0) is 30.1. The second-order valence-corrected chi connectivity index (χ2v) is 11.4. The third-order valence-electron chi connectivity index (χ3n) is 7.68. The van der Waals surface area contributed by atoms with E-state index in [1.54, 1.807) is 13.1 Å². The van der Waals surface area contributed by atoms with Crippen LogP contribution in [0.15, 0.2) is 118 Å². The fraction of sp³-hybridized carbons (Fsp3) is 0.417. The van der Waals surface area contributed by atoms with Crippen molar-refractivity contribution < 1.29 is 4.79 Å². The first-order valence-electron chi connectivity index (χ1n) is 14.3. The van der Waals surface area contributed by atoms with Crippen molar-refractivity contribution >= 4 is 17.2 Å². The molecule has 0 radical (unpaired) electrons. The molecule has 3 atom stereocenters. The van der Waals surface area contributed by atoms with E-state index in [9.17, 15) is 4.79 Å². The molecule has 2 aliphatic heterocycles. The highest BCUT2D eigenvalue weighted by molar-refractivity contribution is 6.20. The molecule has 0 aromatic carbocycles. The minimum absolute atomic E-state index is 0.0983.